The molecule has 2 heteroatoms. The molecule has 1 unspecified atom stereocenters. The van der Waals surface area contributed by atoms with Crippen LogP contribution >= 0.6 is 0 Å². The summed E-state index contributed by atoms with van der Waals surface area (Å²) in [5.41, 5.74) is -0.0217. The number of aryl methyl sites for hydroxylation is 1. The number of carbonyl (C=O) groups is 1. The lowest BCUT2D eigenvalue weighted by Crippen LogP contribution is -2.35. The van der Waals surface area contributed by atoms with Crippen LogP contribution in [0.15, 0.2) is 30.3 Å². The summed E-state index contributed by atoms with van der Waals surface area (Å²) in [4.78, 5) is 11.4. The molecule has 1 aromatic carbocycles. The number of Topliss-reactive ketones (excluding diaryl/α,β-unsaturated/α-hetero) is 1. The van der Waals surface area contributed by atoms with Gasteiger partial charge >= 0.3 is 0 Å². The van der Waals surface area contributed by atoms with Gasteiger partial charge in [-0.2, -0.15) is 0 Å². The molecule has 0 aliphatic rings. The molecule has 0 aliphatic carbocycles. The number of rotatable bonds is 5. The molecule has 0 spiro atoms. The summed E-state index contributed by atoms with van der Waals surface area (Å²) in [6, 6.07) is 9.90. The minimum Gasteiger partial charge on any atom is -0.382 e. The van der Waals surface area contributed by atoms with Gasteiger partial charge in [0.25, 0.3) is 0 Å². The van der Waals surface area contributed by atoms with Gasteiger partial charge in [0.15, 0.2) is 5.78 Å². The zero-order valence-corrected chi connectivity index (χ0v) is 9.36. The largest absolute Gasteiger partial charge is 0.382 e. The summed E-state index contributed by atoms with van der Waals surface area (Å²) in [6.45, 7) is 3.38. The van der Waals surface area contributed by atoms with Crippen molar-refractivity contribution < 1.29 is 9.90 Å². The van der Waals surface area contributed by atoms with E-state index in [4.69, 9.17) is 0 Å². The van der Waals surface area contributed by atoms with Gasteiger partial charge in [-0.15, -0.1) is 0 Å². The van der Waals surface area contributed by atoms with Crippen molar-refractivity contribution in [1.29, 1.82) is 0 Å². The van der Waals surface area contributed by atoms with Crippen molar-refractivity contribution in [1.82, 2.24) is 0 Å². The van der Waals surface area contributed by atoms with E-state index >= 15 is 0 Å². The quantitative estimate of drug-likeness (QED) is 0.803. The highest BCUT2D eigenvalue weighted by molar-refractivity contribution is 5.86. The number of ketones is 1. The molecular weight excluding hydrogens is 188 g/mol. The van der Waals surface area contributed by atoms with Crippen LogP contribution in [0, 0.1) is 0 Å². The lowest BCUT2D eigenvalue weighted by atomic mass is 9.91. The normalized spacial score (nSPS) is 14.6. The van der Waals surface area contributed by atoms with Crippen molar-refractivity contribution in [2.45, 2.75) is 38.7 Å². The second-order valence-corrected chi connectivity index (χ2v) is 4.04. The summed E-state index contributed by atoms with van der Waals surface area (Å²) in [5.74, 6) is -0.0848. The van der Waals surface area contributed by atoms with Crippen molar-refractivity contribution in [3.05, 3.63) is 35.9 Å². The average Bonchev–Trinajstić information content (AvgIpc) is 2.27. The Morgan fingerprint density at radius 2 is 1.93 bits per heavy atom. The second kappa shape index (κ2) is 5.08. The lowest BCUT2D eigenvalue weighted by molar-refractivity contribution is -0.135. The predicted molar refractivity (Wildman–Crippen MR) is 60.7 cm³/mol. The van der Waals surface area contributed by atoms with Crippen LogP contribution in [0.2, 0.25) is 0 Å². The highest BCUT2D eigenvalue weighted by atomic mass is 16.3. The van der Waals surface area contributed by atoms with Gasteiger partial charge < -0.3 is 5.11 Å². The predicted octanol–water partition coefficient (Wildman–Crippen LogP) is 2.35. The van der Waals surface area contributed by atoms with Crippen LogP contribution in [0.4, 0.5) is 0 Å². The van der Waals surface area contributed by atoms with E-state index in [1.165, 1.54) is 0 Å². The molecule has 82 valence electrons. The zero-order chi connectivity index (χ0) is 11.3. The molecule has 0 amide bonds. The first-order valence-electron chi connectivity index (χ1n) is 5.36. The summed E-state index contributed by atoms with van der Waals surface area (Å²) in [7, 11) is 0. The van der Waals surface area contributed by atoms with Crippen molar-refractivity contribution >= 4 is 5.78 Å². The Morgan fingerprint density at radius 3 is 2.47 bits per heavy atom. The second-order valence-electron chi connectivity index (χ2n) is 4.04. The van der Waals surface area contributed by atoms with Crippen molar-refractivity contribution in [3.8, 4) is 0 Å². The Kier molecular flexibility index (Phi) is 4.04. The Balaban J connectivity index is 2.53. The molecule has 0 saturated carbocycles. The fourth-order valence-electron chi connectivity index (χ4n) is 1.55. The minimum absolute atomic E-state index is 0.0848. The standard InChI is InChI=1S/C13H18O2/c1-3-12(14)13(2,15)10-9-11-7-5-4-6-8-11/h4-8,15H,3,9-10H2,1-2H3. The van der Waals surface area contributed by atoms with Gasteiger partial charge in [0.1, 0.15) is 5.60 Å². The smallest absolute Gasteiger partial charge is 0.163 e. The fourth-order valence-corrected chi connectivity index (χ4v) is 1.55. The van der Waals surface area contributed by atoms with Crippen LogP contribution in [-0.4, -0.2) is 16.5 Å². The molecule has 1 rings (SSSR count). The molecule has 2 nitrogen and oxygen atoms in total. The first-order valence-corrected chi connectivity index (χ1v) is 5.36. The highest BCUT2D eigenvalue weighted by Gasteiger charge is 2.27. The van der Waals surface area contributed by atoms with E-state index in [-0.39, 0.29) is 5.78 Å². The van der Waals surface area contributed by atoms with Crippen LogP contribution in [-0.2, 0) is 11.2 Å². The topological polar surface area (TPSA) is 37.3 Å². The molecule has 15 heavy (non-hydrogen) atoms. The van der Waals surface area contributed by atoms with Gasteiger partial charge in [-0.1, -0.05) is 37.3 Å². The minimum atomic E-state index is -1.18. The number of hydrogen-bond acceptors (Lipinski definition) is 2. The SMILES string of the molecule is CCC(=O)C(C)(O)CCc1ccccc1. The monoisotopic (exact) mass is 206 g/mol. The molecule has 0 aliphatic heterocycles. The third-order valence-electron chi connectivity index (χ3n) is 2.67. The van der Waals surface area contributed by atoms with Crippen LogP contribution in [0.3, 0.4) is 0 Å². The fraction of sp³-hybridized carbons (Fsp3) is 0.462. The Bertz CT molecular complexity index is 315. The highest BCUT2D eigenvalue weighted by Crippen LogP contribution is 2.16. The maximum absolute atomic E-state index is 11.4. The van der Waals surface area contributed by atoms with Gasteiger partial charge in [0, 0.05) is 6.42 Å². The first-order chi connectivity index (χ1) is 7.06. The number of hydrogen-bond donors (Lipinski definition) is 1. The maximum Gasteiger partial charge on any atom is 0.163 e. The van der Waals surface area contributed by atoms with Crippen molar-refractivity contribution in [3.63, 3.8) is 0 Å². The molecule has 0 bridgehead atoms. The summed E-state index contributed by atoms with van der Waals surface area (Å²) < 4.78 is 0. The van der Waals surface area contributed by atoms with E-state index in [0.717, 1.165) is 12.0 Å². The first kappa shape index (κ1) is 11.9. The number of carbonyl (C=O) groups excluding carboxylic acids is 1. The van der Waals surface area contributed by atoms with E-state index in [0.29, 0.717) is 12.8 Å². The Labute approximate surface area is 90.9 Å². The molecule has 1 N–H and O–H groups in total. The third-order valence-corrected chi connectivity index (χ3v) is 2.67. The molecule has 1 atom stereocenters. The summed E-state index contributed by atoms with van der Waals surface area (Å²) in [6.07, 6.45) is 1.62. The Morgan fingerprint density at radius 1 is 1.33 bits per heavy atom. The maximum atomic E-state index is 11.4. The van der Waals surface area contributed by atoms with Crippen molar-refractivity contribution in [2.24, 2.45) is 0 Å². The van der Waals surface area contributed by atoms with Crippen molar-refractivity contribution in [2.75, 3.05) is 0 Å². The van der Waals surface area contributed by atoms with E-state index in [1.54, 1.807) is 13.8 Å². The molecular formula is C13H18O2. The van der Waals surface area contributed by atoms with E-state index in [9.17, 15) is 9.90 Å². The molecule has 0 fully saturated rings. The summed E-state index contributed by atoms with van der Waals surface area (Å²) in [5, 5.41) is 9.89. The van der Waals surface area contributed by atoms with Gasteiger partial charge in [-0.25, -0.2) is 0 Å². The van der Waals surface area contributed by atoms with Crippen LogP contribution in [0.25, 0.3) is 0 Å². The van der Waals surface area contributed by atoms with Crippen LogP contribution in [0.1, 0.15) is 32.3 Å². The summed E-state index contributed by atoms with van der Waals surface area (Å²) >= 11 is 0. The molecule has 0 aromatic heterocycles. The molecule has 0 radical (unpaired) electrons. The van der Waals surface area contributed by atoms with E-state index < -0.39 is 5.60 Å². The van der Waals surface area contributed by atoms with Gasteiger partial charge in [0.2, 0.25) is 0 Å². The lowest BCUT2D eigenvalue weighted by Gasteiger charge is -2.20. The third kappa shape index (κ3) is 3.48. The zero-order valence-electron chi connectivity index (χ0n) is 9.36. The molecule has 1 aromatic rings. The van der Waals surface area contributed by atoms with Crippen LogP contribution in [0.5, 0.6) is 0 Å². The number of aliphatic hydroxyl groups is 1. The van der Waals surface area contributed by atoms with Gasteiger partial charge in [-0.05, 0) is 25.3 Å². The molecule has 0 saturated heterocycles. The Hall–Kier alpha value is -1.15. The van der Waals surface area contributed by atoms with Crippen LogP contribution < -0.4 is 0 Å². The van der Waals surface area contributed by atoms with Gasteiger partial charge in [0.05, 0.1) is 0 Å². The molecule has 0 heterocycles. The van der Waals surface area contributed by atoms with Gasteiger partial charge in [-0.3, -0.25) is 4.79 Å². The van der Waals surface area contributed by atoms with E-state index in [1.807, 2.05) is 30.3 Å². The van der Waals surface area contributed by atoms with E-state index in [2.05, 4.69) is 0 Å². The average molecular weight is 206 g/mol. The number of benzene rings is 1.